The molecule has 2 aromatic carbocycles. The zero-order valence-corrected chi connectivity index (χ0v) is 21.5. The first-order valence-corrected chi connectivity index (χ1v) is 13.0. The van der Waals surface area contributed by atoms with Crippen LogP contribution in [0.3, 0.4) is 0 Å². The average Bonchev–Trinajstić information content (AvgIpc) is 3.35. The van der Waals surface area contributed by atoms with Crippen LogP contribution in [0, 0.1) is 0 Å². The minimum atomic E-state index is -4.44. The molecule has 3 heterocycles. The summed E-state index contributed by atoms with van der Waals surface area (Å²) in [4.78, 5) is 17.2. The molecule has 1 saturated heterocycles. The van der Waals surface area contributed by atoms with Crippen LogP contribution in [0.15, 0.2) is 66.9 Å². The molecule has 2 N–H and O–H groups in total. The number of aromatic nitrogens is 3. The van der Waals surface area contributed by atoms with Crippen LogP contribution in [-0.4, -0.2) is 40.0 Å². The highest BCUT2D eigenvalue weighted by Crippen LogP contribution is 2.42. The largest absolute Gasteiger partial charge is 0.416 e. The van der Waals surface area contributed by atoms with Gasteiger partial charge in [-0.3, -0.25) is 0 Å². The Labute approximate surface area is 218 Å². The van der Waals surface area contributed by atoms with E-state index < -0.39 is 17.3 Å². The van der Waals surface area contributed by atoms with Gasteiger partial charge in [-0.05, 0) is 63.7 Å². The van der Waals surface area contributed by atoms with Crippen LogP contribution in [0.25, 0.3) is 21.8 Å². The maximum absolute atomic E-state index is 13.5. The van der Waals surface area contributed by atoms with Gasteiger partial charge in [0, 0.05) is 17.7 Å². The van der Waals surface area contributed by atoms with Crippen LogP contribution in [-0.2, 0) is 11.7 Å². The topological polar surface area (TPSA) is 67.9 Å². The second-order valence-electron chi connectivity index (χ2n) is 9.72. The van der Waals surface area contributed by atoms with Crippen molar-refractivity contribution in [3.8, 4) is 21.8 Å². The molecule has 0 aliphatic carbocycles. The number of nitrogens with two attached hydrogens (primary N) is 1. The van der Waals surface area contributed by atoms with Gasteiger partial charge in [-0.15, -0.1) is 11.3 Å². The Hall–Kier alpha value is -3.14. The molecular formula is C28H28F3N5S. The van der Waals surface area contributed by atoms with Crippen molar-refractivity contribution in [1.82, 2.24) is 19.9 Å². The maximum Gasteiger partial charge on any atom is 0.416 e. The molecule has 0 radical (unpaired) electrons. The molecule has 0 amide bonds. The van der Waals surface area contributed by atoms with Crippen molar-refractivity contribution in [2.75, 3.05) is 20.1 Å². The van der Waals surface area contributed by atoms with Gasteiger partial charge in [-0.25, -0.2) is 15.0 Å². The average molecular weight is 524 g/mol. The lowest BCUT2D eigenvalue weighted by Gasteiger charge is -2.27. The molecule has 9 heteroatoms. The Kier molecular flexibility index (Phi) is 6.87. The van der Waals surface area contributed by atoms with E-state index in [1.165, 1.54) is 17.4 Å². The summed E-state index contributed by atoms with van der Waals surface area (Å²) >= 11 is 1.50. The third kappa shape index (κ3) is 5.30. The zero-order valence-electron chi connectivity index (χ0n) is 20.7. The molecule has 1 aliphatic heterocycles. The lowest BCUT2D eigenvalue weighted by Crippen LogP contribution is -2.36. The third-order valence-corrected chi connectivity index (χ3v) is 8.14. The number of rotatable bonds is 5. The van der Waals surface area contributed by atoms with E-state index in [9.17, 15) is 13.2 Å². The monoisotopic (exact) mass is 523 g/mol. The number of hydrogen-bond acceptors (Lipinski definition) is 6. The van der Waals surface area contributed by atoms with Gasteiger partial charge in [-0.1, -0.05) is 42.5 Å². The van der Waals surface area contributed by atoms with Crippen LogP contribution in [0.1, 0.15) is 47.6 Å². The molecule has 5 nitrogen and oxygen atoms in total. The fourth-order valence-electron chi connectivity index (χ4n) is 4.63. The number of hydrogen-bond donors (Lipinski definition) is 1. The smallest absolute Gasteiger partial charge is 0.315 e. The number of likely N-dealkylation sites (tertiary alicyclic amines) is 1. The van der Waals surface area contributed by atoms with E-state index in [1.54, 1.807) is 18.3 Å². The number of halogens is 3. The Balaban J connectivity index is 1.62. The van der Waals surface area contributed by atoms with Gasteiger partial charge in [0.15, 0.2) is 5.82 Å². The van der Waals surface area contributed by atoms with Gasteiger partial charge < -0.3 is 10.6 Å². The molecule has 0 spiro atoms. The van der Waals surface area contributed by atoms with Crippen molar-refractivity contribution in [2.45, 2.75) is 37.4 Å². The summed E-state index contributed by atoms with van der Waals surface area (Å²) in [6.07, 6.45) is -0.885. The molecule has 192 valence electrons. The van der Waals surface area contributed by atoms with Crippen LogP contribution in [0.2, 0.25) is 0 Å². The third-order valence-electron chi connectivity index (χ3n) is 6.90. The SMILES string of the molecule is CN1CCC(c2nc(-c3cccc(C(F)(F)F)c3)c(-c3ccnc([C@@](C)(N)c4ccccc4)n3)s2)CC1. The molecule has 37 heavy (non-hydrogen) atoms. The van der Waals surface area contributed by atoms with E-state index in [4.69, 9.17) is 15.7 Å². The number of alkyl halides is 3. The summed E-state index contributed by atoms with van der Waals surface area (Å²) < 4.78 is 40.6. The van der Waals surface area contributed by atoms with Crippen molar-refractivity contribution in [2.24, 2.45) is 5.73 Å². The van der Waals surface area contributed by atoms with Crippen LogP contribution in [0.5, 0.6) is 0 Å². The van der Waals surface area contributed by atoms with Crippen LogP contribution < -0.4 is 5.73 Å². The summed E-state index contributed by atoms with van der Waals surface area (Å²) in [5, 5.41) is 0.925. The van der Waals surface area contributed by atoms with Gasteiger partial charge in [0.2, 0.25) is 0 Å². The molecule has 4 aromatic rings. The summed E-state index contributed by atoms with van der Waals surface area (Å²) in [7, 11) is 2.09. The highest BCUT2D eigenvalue weighted by atomic mass is 32.1. The van der Waals surface area contributed by atoms with E-state index >= 15 is 0 Å². The molecule has 1 fully saturated rings. The van der Waals surface area contributed by atoms with Gasteiger partial charge in [0.05, 0.1) is 32.4 Å². The molecule has 5 rings (SSSR count). The van der Waals surface area contributed by atoms with Crippen LogP contribution in [0.4, 0.5) is 13.2 Å². The van der Waals surface area contributed by atoms with E-state index in [-0.39, 0.29) is 5.92 Å². The molecule has 1 aliphatic rings. The second-order valence-corrected chi connectivity index (χ2v) is 10.8. The van der Waals surface area contributed by atoms with Gasteiger partial charge in [0.25, 0.3) is 0 Å². The normalized spacial score (nSPS) is 17.0. The molecule has 2 aromatic heterocycles. The Bertz CT molecular complexity index is 1380. The zero-order chi connectivity index (χ0) is 26.2. The van der Waals surface area contributed by atoms with Crippen molar-refractivity contribution < 1.29 is 13.2 Å². The van der Waals surface area contributed by atoms with Crippen molar-refractivity contribution in [1.29, 1.82) is 0 Å². The molecule has 1 atom stereocenters. The Morgan fingerprint density at radius 3 is 2.35 bits per heavy atom. The number of piperidine rings is 1. The molecular weight excluding hydrogens is 495 g/mol. The minimum absolute atomic E-state index is 0.255. The lowest BCUT2D eigenvalue weighted by atomic mass is 9.92. The van der Waals surface area contributed by atoms with E-state index in [0.29, 0.717) is 22.8 Å². The summed E-state index contributed by atoms with van der Waals surface area (Å²) in [6, 6.07) is 16.7. The summed E-state index contributed by atoms with van der Waals surface area (Å²) in [5.74, 6) is 0.685. The van der Waals surface area contributed by atoms with E-state index in [0.717, 1.165) is 53.5 Å². The van der Waals surface area contributed by atoms with Crippen LogP contribution >= 0.6 is 11.3 Å². The van der Waals surface area contributed by atoms with Crippen molar-refractivity contribution in [3.05, 3.63) is 88.8 Å². The first-order valence-electron chi connectivity index (χ1n) is 12.2. The fraction of sp³-hybridized carbons (Fsp3) is 0.321. The Morgan fingerprint density at radius 2 is 1.65 bits per heavy atom. The van der Waals surface area contributed by atoms with Crippen molar-refractivity contribution in [3.63, 3.8) is 0 Å². The van der Waals surface area contributed by atoms with Gasteiger partial charge in [0.1, 0.15) is 0 Å². The van der Waals surface area contributed by atoms with E-state index in [2.05, 4.69) is 16.9 Å². The predicted octanol–water partition coefficient (Wildman–Crippen LogP) is 6.32. The number of benzene rings is 2. The highest BCUT2D eigenvalue weighted by molar-refractivity contribution is 7.15. The Morgan fingerprint density at radius 1 is 0.946 bits per heavy atom. The van der Waals surface area contributed by atoms with Gasteiger partial charge >= 0.3 is 6.18 Å². The summed E-state index contributed by atoms with van der Waals surface area (Å²) in [5.41, 5.74) is 7.42. The summed E-state index contributed by atoms with van der Waals surface area (Å²) in [6.45, 7) is 3.77. The standard InChI is InChI=1S/C28H28F3N5S/c1-27(32,20-8-4-3-5-9-20)26-33-14-11-22(34-26)24-23(19-7-6-10-21(17-19)28(29,30)31)35-25(37-24)18-12-15-36(2)16-13-18/h3-11,14,17-18H,12-13,15-16,32H2,1-2H3/t27-/m0/s1. The predicted molar refractivity (Wildman–Crippen MR) is 140 cm³/mol. The molecule has 0 bridgehead atoms. The first kappa shape index (κ1) is 25.5. The fourth-order valence-corrected chi connectivity index (χ4v) is 5.85. The quantitative estimate of drug-likeness (QED) is 0.332. The van der Waals surface area contributed by atoms with E-state index in [1.807, 2.05) is 37.3 Å². The minimum Gasteiger partial charge on any atom is -0.315 e. The van der Waals surface area contributed by atoms with Gasteiger partial charge in [-0.2, -0.15) is 13.2 Å². The van der Waals surface area contributed by atoms with Crippen molar-refractivity contribution >= 4 is 11.3 Å². The molecule has 0 unspecified atom stereocenters. The first-order chi connectivity index (χ1) is 17.6. The lowest BCUT2D eigenvalue weighted by molar-refractivity contribution is -0.137. The molecule has 0 saturated carbocycles. The highest BCUT2D eigenvalue weighted by Gasteiger charge is 2.32. The second kappa shape index (κ2) is 9.96. The number of thiazole rings is 1. The maximum atomic E-state index is 13.5. The number of nitrogens with zero attached hydrogens (tertiary/aromatic N) is 4.